The van der Waals surface area contributed by atoms with Crippen molar-refractivity contribution in [1.29, 1.82) is 0 Å². The Morgan fingerprint density at radius 1 is 1.14 bits per heavy atom. The second-order valence-corrected chi connectivity index (χ2v) is 7.06. The summed E-state index contributed by atoms with van der Waals surface area (Å²) in [6, 6.07) is 8.24. The third-order valence-corrected chi connectivity index (χ3v) is 4.93. The van der Waals surface area contributed by atoms with Crippen molar-refractivity contribution in [3.63, 3.8) is 0 Å². The Hall–Kier alpha value is -1.68. The van der Waals surface area contributed by atoms with Crippen molar-refractivity contribution in [3.05, 3.63) is 53.0 Å². The summed E-state index contributed by atoms with van der Waals surface area (Å²) in [5.74, 6) is 0.947. The molecule has 28 heavy (non-hydrogen) atoms. The molecule has 1 heterocycles. The highest BCUT2D eigenvalue weighted by Crippen LogP contribution is 2.21. The molecule has 0 saturated heterocycles. The van der Waals surface area contributed by atoms with Gasteiger partial charge >= 0.3 is 0 Å². The number of nitrogens with one attached hydrogen (secondary N) is 3. The summed E-state index contributed by atoms with van der Waals surface area (Å²) in [5.41, 5.74) is 3.35. The second-order valence-electron chi connectivity index (χ2n) is 6.21. The first kappa shape index (κ1) is 24.4. The van der Waals surface area contributed by atoms with Crippen molar-refractivity contribution >= 4 is 47.6 Å². The van der Waals surface area contributed by atoms with Crippen LogP contribution < -0.4 is 16.0 Å². The lowest BCUT2D eigenvalue weighted by Gasteiger charge is -2.14. The number of hydrogen-bond donors (Lipinski definition) is 3. The molecule has 0 aliphatic heterocycles. The van der Waals surface area contributed by atoms with Gasteiger partial charge in [0.05, 0.1) is 6.26 Å². The quantitative estimate of drug-likeness (QED) is 0.164. The Morgan fingerprint density at radius 3 is 2.54 bits per heavy atom. The largest absolute Gasteiger partial charge is 0.459 e. The van der Waals surface area contributed by atoms with Gasteiger partial charge in [0.15, 0.2) is 11.7 Å². The standard InChI is InChI=1S/C20H28N4O2S.HI/c1-14-6-7-16(17(12-14)27-4)13-24-20(21-3)23-10-5-9-22-19(25)18-15(2)8-11-26-18;/h6-8,11-12H,5,9-10,13H2,1-4H3,(H,22,25)(H2,21,23,24);1H. The van der Waals surface area contributed by atoms with E-state index in [9.17, 15) is 4.79 Å². The van der Waals surface area contributed by atoms with Crippen LogP contribution in [0.4, 0.5) is 0 Å². The molecule has 0 aliphatic rings. The number of hydrogen-bond acceptors (Lipinski definition) is 4. The molecule has 1 aromatic carbocycles. The zero-order valence-electron chi connectivity index (χ0n) is 16.8. The average molecular weight is 516 g/mol. The smallest absolute Gasteiger partial charge is 0.287 e. The molecule has 6 nitrogen and oxygen atoms in total. The molecule has 0 radical (unpaired) electrons. The van der Waals surface area contributed by atoms with Crippen molar-refractivity contribution in [2.24, 2.45) is 4.99 Å². The number of carbonyl (C=O) groups is 1. The summed E-state index contributed by atoms with van der Waals surface area (Å²) in [4.78, 5) is 17.5. The lowest BCUT2D eigenvalue weighted by molar-refractivity contribution is 0.0925. The number of rotatable bonds is 8. The molecule has 0 unspecified atom stereocenters. The molecule has 1 aromatic heterocycles. The summed E-state index contributed by atoms with van der Waals surface area (Å²) < 4.78 is 5.18. The SMILES string of the molecule is CN=C(NCCCNC(=O)c1occc1C)NCc1ccc(C)cc1SC.I. The van der Waals surface area contributed by atoms with Gasteiger partial charge in [-0.25, -0.2) is 0 Å². The lowest BCUT2D eigenvalue weighted by atomic mass is 10.1. The van der Waals surface area contributed by atoms with E-state index in [4.69, 9.17) is 4.42 Å². The van der Waals surface area contributed by atoms with E-state index in [1.54, 1.807) is 24.9 Å². The summed E-state index contributed by atoms with van der Waals surface area (Å²) in [6.07, 6.45) is 4.40. The van der Waals surface area contributed by atoms with E-state index >= 15 is 0 Å². The maximum absolute atomic E-state index is 12.0. The molecule has 2 aromatic rings. The van der Waals surface area contributed by atoms with Gasteiger partial charge in [-0.15, -0.1) is 35.7 Å². The van der Waals surface area contributed by atoms with Crippen molar-refractivity contribution in [2.45, 2.75) is 31.7 Å². The fourth-order valence-corrected chi connectivity index (χ4v) is 3.29. The van der Waals surface area contributed by atoms with Gasteiger partial charge in [-0.2, -0.15) is 0 Å². The van der Waals surface area contributed by atoms with Gasteiger partial charge in [0.1, 0.15) is 0 Å². The van der Waals surface area contributed by atoms with Crippen LogP contribution in [0.2, 0.25) is 0 Å². The number of halogens is 1. The van der Waals surface area contributed by atoms with Crippen molar-refractivity contribution in [3.8, 4) is 0 Å². The summed E-state index contributed by atoms with van der Waals surface area (Å²) >= 11 is 1.75. The molecule has 2 rings (SSSR count). The Balaban J connectivity index is 0.00000392. The number of thioether (sulfide) groups is 1. The van der Waals surface area contributed by atoms with Crippen LogP contribution in [0.15, 0.2) is 44.8 Å². The topological polar surface area (TPSA) is 78.7 Å². The second kappa shape index (κ2) is 12.7. The Labute approximate surface area is 188 Å². The fraction of sp³-hybridized carbons (Fsp3) is 0.400. The summed E-state index contributed by atoms with van der Waals surface area (Å²) in [7, 11) is 1.75. The van der Waals surface area contributed by atoms with Gasteiger partial charge in [0.2, 0.25) is 0 Å². The zero-order chi connectivity index (χ0) is 19.6. The molecular formula is C20H29IN4O2S. The molecule has 8 heteroatoms. The van der Waals surface area contributed by atoms with Crippen molar-refractivity contribution in [1.82, 2.24) is 16.0 Å². The summed E-state index contributed by atoms with van der Waals surface area (Å²) in [6.45, 7) is 5.94. The minimum absolute atomic E-state index is 0. The minimum Gasteiger partial charge on any atom is -0.459 e. The lowest BCUT2D eigenvalue weighted by Crippen LogP contribution is -2.38. The molecule has 0 saturated carbocycles. The fourth-order valence-electron chi connectivity index (χ4n) is 2.58. The van der Waals surface area contributed by atoms with Crippen LogP contribution in [0.5, 0.6) is 0 Å². The predicted molar refractivity (Wildman–Crippen MR) is 127 cm³/mol. The Bertz CT molecular complexity index is 792. The highest BCUT2D eigenvalue weighted by Gasteiger charge is 2.11. The number of guanidine groups is 1. The predicted octanol–water partition coefficient (Wildman–Crippen LogP) is 3.72. The third-order valence-electron chi connectivity index (χ3n) is 4.11. The minimum atomic E-state index is -0.177. The normalized spacial score (nSPS) is 10.9. The van der Waals surface area contributed by atoms with E-state index in [0.717, 1.165) is 17.9 Å². The van der Waals surface area contributed by atoms with E-state index < -0.39 is 0 Å². The van der Waals surface area contributed by atoms with E-state index in [0.29, 0.717) is 25.4 Å². The van der Waals surface area contributed by atoms with Crippen molar-refractivity contribution < 1.29 is 9.21 Å². The molecule has 0 aliphatic carbocycles. The monoisotopic (exact) mass is 516 g/mol. The maximum atomic E-state index is 12.0. The van der Waals surface area contributed by atoms with Gasteiger partial charge < -0.3 is 20.4 Å². The average Bonchev–Trinajstić information content (AvgIpc) is 3.10. The molecule has 0 atom stereocenters. The number of benzene rings is 1. The number of aliphatic imine (C=N–C) groups is 1. The Morgan fingerprint density at radius 2 is 1.89 bits per heavy atom. The molecule has 154 valence electrons. The first-order valence-electron chi connectivity index (χ1n) is 8.95. The van der Waals surface area contributed by atoms with Gasteiger partial charge in [0.25, 0.3) is 5.91 Å². The van der Waals surface area contributed by atoms with Crippen LogP contribution in [0.25, 0.3) is 0 Å². The van der Waals surface area contributed by atoms with E-state index in [1.165, 1.54) is 22.3 Å². The van der Waals surface area contributed by atoms with E-state index in [-0.39, 0.29) is 29.9 Å². The van der Waals surface area contributed by atoms with Crippen molar-refractivity contribution in [2.75, 3.05) is 26.4 Å². The van der Waals surface area contributed by atoms with Crippen LogP contribution in [-0.2, 0) is 6.54 Å². The molecule has 0 bridgehead atoms. The number of furan rings is 1. The number of nitrogens with zero attached hydrogens (tertiary/aromatic N) is 1. The van der Waals surface area contributed by atoms with Crippen LogP contribution >= 0.6 is 35.7 Å². The molecule has 1 amide bonds. The van der Waals surface area contributed by atoms with Gasteiger partial charge in [-0.1, -0.05) is 12.1 Å². The summed E-state index contributed by atoms with van der Waals surface area (Å²) in [5, 5.41) is 9.46. The molecule has 0 spiro atoms. The van der Waals surface area contributed by atoms with E-state index in [1.807, 2.05) is 6.92 Å². The highest BCUT2D eigenvalue weighted by atomic mass is 127. The van der Waals surface area contributed by atoms with E-state index in [2.05, 4.69) is 52.3 Å². The Kier molecular flexibility index (Phi) is 11.1. The van der Waals surface area contributed by atoms with Gasteiger partial charge in [0, 0.05) is 37.1 Å². The number of carbonyl (C=O) groups excluding carboxylic acids is 1. The first-order valence-corrected chi connectivity index (χ1v) is 10.2. The molecule has 3 N–H and O–H groups in total. The van der Waals surface area contributed by atoms with Crippen LogP contribution in [0.3, 0.4) is 0 Å². The first-order chi connectivity index (χ1) is 13.0. The molecule has 0 fully saturated rings. The number of aryl methyl sites for hydroxylation is 2. The van der Waals surface area contributed by atoms with Crippen LogP contribution in [0, 0.1) is 13.8 Å². The third kappa shape index (κ3) is 7.38. The van der Waals surface area contributed by atoms with Gasteiger partial charge in [-0.3, -0.25) is 9.79 Å². The highest BCUT2D eigenvalue weighted by molar-refractivity contribution is 14.0. The van der Waals surface area contributed by atoms with Crippen LogP contribution in [0.1, 0.15) is 33.7 Å². The molecular weight excluding hydrogens is 487 g/mol. The number of amides is 1. The van der Waals surface area contributed by atoms with Gasteiger partial charge in [-0.05, 0) is 49.8 Å². The van der Waals surface area contributed by atoms with Crippen LogP contribution in [-0.4, -0.2) is 38.3 Å². The maximum Gasteiger partial charge on any atom is 0.287 e. The zero-order valence-corrected chi connectivity index (χ0v) is 19.9.